The molecule has 110 valence electrons. The van der Waals surface area contributed by atoms with Gasteiger partial charge in [0, 0.05) is 0 Å². The maximum absolute atomic E-state index is 11.4. The van der Waals surface area contributed by atoms with Gasteiger partial charge >= 0.3 is 117 Å². The van der Waals surface area contributed by atoms with Gasteiger partial charge in [-0.2, -0.15) is 0 Å². The van der Waals surface area contributed by atoms with Crippen molar-refractivity contribution in [3.63, 3.8) is 0 Å². The van der Waals surface area contributed by atoms with Gasteiger partial charge in [0.05, 0.1) is 0 Å². The van der Waals surface area contributed by atoms with E-state index >= 15 is 0 Å². The van der Waals surface area contributed by atoms with Crippen LogP contribution < -0.4 is 0 Å². The van der Waals surface area contributed by atoms with Gasteiger partial charge in [0.1, 0.15) is 0 Å². The van der Waals surface area contributed by atoms with Crippen LogP contribution >= 0.6 is 0 Å². The third-order valence-corrected chi connectivity index (χ3v) is 58.4. The number of aromatic carboxylic acids is 1. The van der Waals surface area contributed by atoms with Crippen LogP contribution in [0.4, 0.5) is 0 Å². The van der Waals surface area contributed by atoms with E-state index < -0.39 is 12.5 Å². The zero-order chi connectivity index (χ0) is 14.0. The molecule has 0 radical (unpaired) electrons. The molecular formula is C19H14FeO2. The van der Waals surface area contributed by atoms with Crippen LogP contribution in [0, 0.1) is 11.8 Å². The molecule has 10 fully saturated rings. The van der Waals surface area contributed by atoms with Gasteiger partial charge in [0.25, 0.3) is 0 Å². The molecule has 1 N–H and O–H groups in total. The number of rotatable bonds is 1. The first kappa shape index (κ1) is 8.57. The average Bonchev–Trinajstić information content (AvgIpc) is 3.46. The molecule has 10 heterocycles. The SMILES string of the molecule is O=C(O)c1ccccc1C#C[C]12[CH]3[CH]4[CH]5[CH]1[Fe]45321678[CH]2[CH]1[CH]6[CH]7[CH]28. The van der Waals surface area contributed by atoms with Crippen molar-refractivity contribution in [2.24, 2.45) is 0 Å². The monoisotopic (exact) mass is 330 g/mol. The summed E-state index contributed by atoms with van der Waals surface area (Å²) in [4.78, 5) is 22.8. The van der Waals surface area contributed by atoms with Gasteiger partial charge in [-0.1, -0.05) is 0 Å². The van der Waals surface area contributed by atoms with Gasteiger partial charge in [0.2, 0.25) is 0 Å². The van der Waals surface area contributed by atoms with Gasteiger partial charge < -0.3 is 0 Å². The molecule has 11 rings (SSSR count). The Balaban J connectivity index is 1.28. The van der Waals surface area contributed by atoms with Crippen molar-refractivity contribution in [3.05, 3.63) is 35.4 Å². The summed E-state index contributed by atoms with van der Waals surface area (Å²) >= 11 is 0. The summed E-state index contributed by atoms with van der Waals surface area (Å²) in [7, 11) is 0. The second-order valence-electron chi connectivity index (χ2n) is 11.8. The summed E-state index contributed by atoms with van der Waals surface area (Å²) in [6.07, 6.45) is 0. The minimum absolute atomic E-state index is 0.390. The summed E-state index contributed by atoms with van der Waals surface area (Å²) in [6, 6.07) is 7.33. The molecule has 1 aromatic rings. The molecule has 0 aromatic heterocycles. The molecule has 0 bridgehead atoms. The van der Waals surface area contributed by atoms with Crippen molar-refractivity contribution in [3.8, 4) is 11.8 Å². The Morgan fingerprint density at radius 1 is 1.00 bits per heavy atom. The molecule has 10 saturated heterocycles. The van der Waals surface area contributed by atoms with E-state index in [2.05, 4.69) is 11.8 Å². The Hall–Kier alpha value is -1.23. The van der Waals surface area contributed by atoms with Crippen molar-refractivity contribution < 1.29 is 16.4 Å². The molecule has 0 saturated carbocycles. The standard InChI is InChI=1S/C14H9O2.C5H5.Fe/c15-14(16)13-8-4-3-7-12(13)10-9-11-5-1-2-6-11;1-2-4-5-3-1;/h1-8H,(H,15,16);1-5H;. The number of benzene rings is 1. The molecule has 0 amide bonds. The first-order valence-electron chi connectivity index (χ1n) is 8.51. The summed E-state index contributed by atoms with van der Waals surface area (Å²) in [5.41, 5.74) is 1.15. The van der Waals surface area contributed by atoms with E-state index in [-0.39, 0.29) is 0 Å². The number of fused-ring (bicyclic) bond motifs is 10. The Kier molecular flexibility index (Phi) is 0.322. The van der Waals surface area contributed by atoms with E-state index in [4.69, 9.17) is 0 Å². The predicted molar refractivity (Wildman–Crippen MR) is 76.7 cm³/mol. The van der Waals surface area contributed by atoms with E-state index in [1.165, 1.54) is 33.7 Å². The first-order valence-corrected chi connectivity index (χ1v) is 14.8. The number of carboxylic acids is 1. The average molecular weight is 330 g/mol. The molecule has 2 nitrogen and oxygen atoms in total. The Labute approximate surface area is 117 Å². The Bertz CT molecular complexity index is 1320. The summed E-state index contributed by atoms with van der Waals surface area (Å²) in [6.45, 7) is -3.10. The summed E-state index contributed by atoms with van der Waals surface area (Å²) in [5.74, 6) is 6.45. The topological polar surface area (TPSA) is 37.3 Å². The fourth-order valence-electron chi connectivity index (χ4n) is 17.5. The van der Waals surface area contributed by atoms with E-state index in [1.807, 2.05) is 12.1 Å². The van der Waals surface area contributed by atoms with Gasteiger partial charge in [-0.05, 0) is 0 Å². The third-order valence-electron chi connectivity index (χ3n) is 16.2. The molecule has 1 spiro atoms. The van der Waals surface area contributed by atoms with Crippen LogP contribution in [-0.2, 0) is 6.51 Å². The van der Waals surface area contributed by atoms with Crippen molar-refractivity contribution in [1.82, 2.24) is 0 Å². The number of hydrogen-bond acceptors (Lipinski definition) is 1. The molecule has 10 aliphatic rings. The van der Waals surface area contributed by atoms with Crippen LogP contribution in [0.2, 0.25) is 47.7 Å². The minimum atomic E-state index is -3.10. The molecule has 4 unspecified atom stereocenters. The molecule has 4 atom stereocenters. The van der Waals surface area contributed by atoms with Crippen LogP contribution in [0.1, 0.15) is 15.9 Å². The Morgan fingerprint density at radius 3 is 2.05 bits per heavy atom. The second kappa shape index (κ2) is 0.827. The first-order chi connectivity index (χ1) is 10.4. The van der Waals surface area contributed by atoms with Crippen LogP contribution in [0.3, 0.4) is 0 Å². The molecule has 0 aliphatic carbocycles. The van der Waals surface area contributed by atoms with Crippen molar-refractivity contribution in [2.75, 3.05) is 0 Å². The van der Waals surface area contributed by atoms with Crippen LogP contribution in [-0.4, -0.2) is 11.1 Å². The van der Waals surface area contributed by atoms with Gasteiger partial charge in [-0.25, -0.2) is 0 Å². The van der Waals surface area contributed by atoms with Crippen molar-refractivity contribution >= 4 is 5.97 Å². The molecule has 3 heteroatoms. The van der Waals surface area contributed by atoms with Crippen LogP contribution in [0.5, 0.6) is 0 Å². The zero-order valence-electron chi connectivity index (χ0n) is 11.7. The number of hydrogen-bond donors (Lipinski definition) is 1. The van der Waals surface area contributed by atoms with E-state index in [9.17, 15) is 9.90 Å². The third kappa shape index (κ3) is 0.109. The van der Waals surface area contributed by atoms with Crippen molar-refractivity contribution in [2.45, 2.75) is 47.7 Å². The van der Waals surface area contributed by atoms with Crippen molar-refractivity contribution in [1.29, 1.82) is 0 Å². The quantitative estimate of drug-likeness (QED) is 0.608. The summed E-state index contributed by atoms with van der Waals surface area (Å²) < 4.78 is 0.574. The van der Waals surface area contributed by atoms with E-state index in [1.54, 1.807) is 12.1 Å². The second-order valence-corrected chi connectivity index (χ2v) is 35.3. The van der Waals surface area contributed by atoms with E-state index in [0.29, 0.717) is 9.88 Å². The van der Waals surface area contributed by atoms with Crippen LogP contribution in [0.25, 0.3) is 0 Å². The van der Waals surface area contributed by atoms with E-state index in [0.717, 1.165) is 15.2 Å². The number of carbonyl (C=O) groups is 1. The number of carboxylic acid groups (broad SMARTS) is 1. The normalized spacial score (nSPS) is 93.7. The fourth-order valence-corrected chi connectivity index (χ4v) is 90.4. The molecule has 22 heavy (non-hydrogen) atoms. The van der Waals surface area contributed by atoms with Gasteiger partial charge in [-0.3, -0.25) is 0 Å². The molecule has 10 aliphatic heterocycles. The molecular weight excluding hydrogens is 316 g/mol. The fraction of sp³-hybridized carbons (Fsp3) is 0.526. The maximum atomic E-state index is 11.4. The van der Waals surface area contributed by atoms with Crippen LogP contribution in [0.15, 0.2) is 24.3 Å². The zero-order valence-corrected chi connectivity index (χ0v) is 12.8. The Morgan fingerprint density at radius 2 is 1.59 bits per heavy atom. The van der Waals surface area contributed by atoms with Gasteiger partial charge in [0.15, 0.2) is 0 Å². The van der Waals surface area contributed by atoms with Gasteiger partial charge in [-0.15, -0.1) is 0 Å². The summed E-state index contributed by atoms with van der Waals surface area (Å²) in [5, 5.41) is 9.38. The molecule has 1 aromatic carbocycles. The predicted octanol–water partition coefficient (Wildman–Crippen LogP) is 4.50.